The van der Waals surface area contributed by atoms with E-state index in [-0.39, 0.29) is 36.0 Å². The molecule has 4 aromatic rings. The Kier molecular flexibility index (Phi) is 10.3. The van der Waals surface area contributed by atoms with Crippen LogP contribution in [0, 0.1) is 22.9 Å². The molecule has 55 heavy (non-hydrogen) atoms. The van der Waals surface area contributed by atoms with E-state index in [2.05, 4.69) is 15.5 Å². The smallest absolute Gasteiger partial charge is 0.410 e. The molecule has 2 aromatic carbocycles. The van der Waals surface area contributed by atoms with Crippen LogP contribution in [0.25, 0.3) is 11.6 Å². The minimum absolute atomic E-state index is 0.211. The van der Waals surface area contributed by atoms with Gasteiger partial charge in [0.25, 0.3) is 11.8 Å². The van der Waals surface area contributed by atoms with Gasteiger partial charge in [0.15, 0.2) is 23.2 Å². The first kappa shape index (κ1) is 37.9. The highest BCUT2D eigenvalue weighted by molar-refractivity contribution is 5.94. The summed E-state index contributed by atoms with van der Waals surface area (Å²) < 4.78 is 66.5. The van der Waals surface area contributed by atoms with Crippen molar-refractivity contribution in [1.82, 2.24) is 30.3 Å². The normalized spacial score (nSPS) is 21.0. The van der Waals surface area contributed by atoms with Crippen LogP contribution in [0.2, 0.25) is 0 Å². The fourth-order valence-electron chi connectivity index (χ4n) is 7.56. The first-order valence-corrected chi connectivity index (χ1v) is 18.4. The highest BCUT2D eigenvalue weighted by atomic mass is 19.2. The van der Waals surface area contributed by atoms with Crippen LogP contribution in [0.3, 0.4) is 0 Å². The molecular weight excluding hydrogens is 719 g/mol. The van der Waals surface area contributed by atoms with Crippen LogP contribution in [-0.4, -0.2) is 82.4 Å². The molecule has 8 rings (SSSR count). The van der Waals surface area contributed by atoms with Gasteiger partial charge in [-0.2, -0.15) is 9.37 Å². The Hall–Kier alpha value is -5.41. The summed E-state index contributed by atoms with van der Waals surface area (Å²) in [5.74, 6) is -4.01. The van der Waals surface area contributed by atoms with Crippen molar-refractivity contribution >= 4 is 17.9 Å². The van der Waals surface area contributed by atoms with Crippen LogP contribution in [-0.2, 0) is 16.8 Å². The number of hydrogen-bond acceptors (Lipinski definition) is 11. The third-order valence-electron chi connectivity index (χ3n) is 10.9. The number of methoxy groups -OCH3 is 1. The Morgan fingerprint density at radius 1 is 0.927 bits per heavy atom. The Balaban J connectivity index is 0.935. The fourth-order valence-corrected chi connectivity index (χ4v) is 7.56. The second kappa shape index (κ2) is 15.0. The second-order valence-corrected chi connectivity index (χ2v) is 15.6. The number of benzene rings is 2. The zero-order valence-electron chi connectivity index (χ0n) is 31.3. The molecule has 4 aliphatic rings. The number of amides is 2. The number of nitrogens with one attached hydrogen (secondary N) is 1. The van der Waals surface area contributed by atoms with Crippen molar-refractivity contribution < 1.29 is 41.5 Å². The molecule has 13 nitrogen and oxygen atoms in total. The highest BCUT2D eigenvalue weighted by Crippen LogP contribution is 2.57. The summed E-state index contributed by atoms with van der Waals surface area (Å²) in [6.45, 7) is 7.57. The summed E-state index contributed by atoms with van der Waals surface area (Å²) in [6, 6.07) is 9.03. The second-order valence-electron chi connectivity index (χ2n) is 15.6. The van der Waals surface area contributed by atoms with E-state index in [1.807, 2.05) is 25.7 Å². The first-order valence-electron chi connectivity index (χ1n) is 18.4. The van der Waals surface area contributed by atoms with Crippen molar-refractivity contribution in [2.24, 2.45) is 5.41 Å². The molecule has 0 unspecified atom stereocenters. The van der Waals surface area contributed by atoms with Gasteiger partial charge in [0.1, 0.15) is 23.7 Å². The van der Waals surface area contributed by atoms with Crippen molar-refractivity contribution in [3.05, 3.63) is 77.0 Å². The molecule has 2 aromatic heterocycles. The number of anilines is 1. The fraction of sp³-hybridized carbons (Fsp3) is 0.487. The molecular formula is C39H44F3N7O6. The molecule has 292 valence electrons. The Bertz CT molecular complexity index is 2020. The van der Waals surface area contributed by atoms with Gasteiger partial charge < -0.3 is 33.9 Å². The maximum absolute atomic E-state index is 15.1. The topological polar surface area (TPSA) is 145 Å². The molecule has 0 atom stereocenters. The largest absolute Gasteiger partial charge is 0.497 e. The summed E-state index contributed by atoms with van der Waals surface area (Å²) in [6.07, 6.45) is 5.77. The van der Waals surface area contributed by atoms with Crippen LogP contribution >= 0.6 is 0 Å². The van der Waals surface area contributed by atoms with E-state index >= 15 is 4.39 Å². The molecule has 3 saturated carbocycles. The molecule has 2 amide bonds. The summed E-state index contributed by atoms with van der Waals surface area (Å²) in [5.41, 5.74) is -0.762. The molecule has 0 radical (unpaired) electrons. The lowest BCUT2D eigenvalue weighted by molar-refractivity contribution is 0.0240. The van der Waals surface area contributed by atoms with Crippen molar-refractivity contribution in [2.45, 2.75) is 76.9 Å². The van der Waals surface area contributed by atoms with Crippen molar-refractivity contribution in [2.75, 3.05) is 44.7 Å². The number of aromatic nitrogens is 4. The molecule has 3 heterocycles. The Morgan fingerprint density at radius 3 is 2.27 bits per heavy atom. The summed E-state index contributed by atoms with van der Waals surface area (Å²) in [5, 5.41) is 7.11. The average molecular weight is 764 g/mol. The number of fused-ring (bicyclic) bond motifs is 3. The van der Waals surface area contributed by atoms with Gasteiger partial charge in [-0.25, -0.2) is 23.5 Å². The van der Waals surface area contributed by atoms with Crippen LogP contribution in [0.4, 0.5) is 23.9 Å². The third kappa shape index (κ3) is 8.03. The molecule has 1 N–H and O–H groups in total. The van der Waals surface area contributed by atoms with Gasteiger partial charge in [0, 0.05) is 44.3 Å². The quantitative estimate of drug-likeness (QED) is 0.174. The number of hydrogen-bond donors (Lipinski definition) is 1. The summed E-state index contributed by atoms with van der Waals surface area (Å²) in [7, 11) is 1.51. The van der Waals surface area contributed by atoms with Gasteiger partial charge in [-0.3, -0.25) is 4.79 Å². The number of rotatable bonds is 10. The molecule has 16 heteroatoms. The SMILES string of the molecule is COc1ccc(COc2c(F)cc(C(=O)NC[C@]34CC[C@](c5noc(-c6ccnc(N7CCN(C(=O)OC(C)(C)C)CC7)n6)n5)(CC3)CC4)c(F)c2F)cc1. The van der Waals surface area contributed by atoms with Crippen LogP contribution in [0.5, 0.6) is 11.5 Å². The molecule has 4 fully saturated rings. The summed E-state index contributed by atoms with van der Waals surface area (Å²) in [4.78, 5) is 43.1. The van der Waals surface area contributed by atoms with E-state index in [1.165, 1.54) is 7.11 Å². The maximum Gasteiger partial charge on any atom is 0.410 e. The number of nitrogens with zero attached hydrogens (tertiary/aromatic N) is 6. The van der Waals surface area contributed by atoms with Gasteiger partial charge in [0.2, 0.25) is 11.8 Å². The molecule has 1 aliphatic heterocycles. The summed E-state index contributed by atoms with van der Waals surface area (Å²) >= 11 is 0. The monoisotopic (exact) mass is 763 g/mol. The highest BCUT2D eigenvalue weighted by Gasteiger charge is 2.51. The van der Waals surface area contributed by atoms with E-state index in [1.54, 1.807) is 41.4 Å². The van der Waals surface area contributed by atoms with Gasteiger partial charge in [0.05, 0.1) is 12.7 Å². The third-order valence-corrected chi connectivity index (χ3v) is 10.9. The number of piperazine rings is 1. The molecule has 3 aliphatic carbocycles. The van der Waals surface area contributed by atoms with E-state index in [4.69, 9.17) is 28.7 Å². The van der Waals surface area contributed by atoms with Gasteiger partial charge >= 0.3 is 6.09 Å². The minimum atomic E-state index is -1.56. The van der Waals surface area contributed by atoms with Crippen molar-refractivity contribution in [1.29, 1.82) is 0 Å². The Morgan fingerprint density at radius 2 is 1.62 bits per heavy atom. The Labute approximate surface area is 316 Å². The number of carbonyl (C=O) groups is 2. The number of ether oxygens (including phenoxy) is 3. The molecule has 0 spiro atoms. The zero-order chi connectivity index (χ0) is 39.0. The van der Waals surface area contributed by atoms with E-state index in [9.17, 15) is 18.4 Å². The molecule has 1 saturated heterocycles. The maximum atomic E-state index is 15.1. The lowest BCUT2D eigenvalue weighted by atomic mass is 9.53. The predicted octanol–water partition coefficient (Wildman–Crippen LogP) is 6.61. The lowest BCUT2D eigenvalue weighted by Crippen LogP contribution is -2.50. The number of halogens is 3. The molecule has 2 bridgehead atoms. The average Bonchev–Trinajstić information content (AvgIpc) is 3.70. The van der Waals surface area contributed by atoms with Crippen molar-refractivity contribution in [3.8, 4) is 23.1 Å². The number of carbonyl (C=O) groups excluding carboxylic acids is 2. The van der Waals surface area contributed by atoms with Gasteiger partial charge in [-0.15, -0.1) is 0 Å². The van der Waals surface area contributed by atoms with E-state index in [0.29, 0.717) is 61.0 Å². The van der Waals surface area contributed by atoms with Crippen molar-refractivity contribution in [3.63, 3.8) is 0 Å². The zero-order valence-corrected chi connectivity index (χ0v) is 31.3. The lowest BCUT2D eigenvalue weighted by Gasteiger charge is -2.52. The minimum Gasteiger partial charge on any atom is -0.497 e. The first-order chi connectivity index (χ1) is 26.3. The van der Waals surface area contributed by atoms with E-state index < -0.39 is 40.3 Å². The standard InChI is InChI=1S/C39H44F3N7O6/c1-37(2,3)54-36(51)49-19-17-48(18-20-49)35-43-16-9-28(45-35)33-46-34(47-55-33)39-13-10-38(11-14-39,12-15-39)23-44-32(50)26-21-27(40)31(30(42)29(26)41)53-22-24-5-7-25(52-4)8-6-24/h5-9,16,21H,10-15,17-20,22-23H2,1-4H3,(H,44,50)/t38-,39+. The van der Waals surface area contributed by atoms with Crippen LogP contribution in [0.15, 0.2) is 47.1 Å². The van der Waals surface area contributed by atoms with E-state index in [0.717, 1.165) is 38.5 Å². The van der Waals surface area contributed by atoms with Gasteiger partial charge in [-0.05, 0) is 94.5 Å². The predicted molar refractivity (Wildman–Crippen MR) is 193 cm³/mol. The van der Waals surface area contributed by atoms with Crippen LogP contribution in [0.1, 0.15) is 81.0 Å². The van der Waals surface area contributed by atoms with Gasteiger partial charge in [-0.1, -0.05) is 17.3 Å². The van der Waals surface area contributed by atoms with Crippen LogP contribution < -0.4 is 19.7 Å².